The SMILES string of the molecule is COC(=O)C(C)Oc1ccc(C(C)=O)cc1. The van der Waals surface area contributed by atoms with Gasteiger partial charge in [0.25, 0.3) is 0 Å². The van der Waals surface area contributed by atoms with Gasteiger partial charge in [-0.1, -0.05) is 0 Å². The van der Waals surface area contributed by atoms with E-state index in [1.54, 1.807) is 31.2 Å². The van der Waals surface area contributed by atoms with Crippen LogP contribution in [-0.2, 0) is 9.53 Å². The van der Waals surface area contributed by atoms with Gasteiger partial charge in [0.15, 0.2) is 11.9 Å². The zero-order valence-corrected chi connectivity index (χ0v) is 9.52. The number of ether oxygens (including phenoxy) is 2. The lowest BCUT2D eigenvalue weighted by Gasteiger charge is -2.12. The van der Waals surface area contributed by atoms with E-state index in [0.29, 0.717) is 11.3 Å². The van der Waals surface area contributed by atoms with Crippen LogP contribution in [0.2, 0.25) is 0 Å². The summed E-state index contributed by atoms with van der Waals surface area (Å²) < 4.78 is 9.84. The summed E-state index contributed by atoms with van der Waals surface area (Å²) in [5.41, 5.74) is 0.609. The van der Waals surface area contributed by atoms with E-state index >= 15 is 0 Å². The largest absolute Gasteiger partial charge is 0.479 e. The molecule has 0 saturated heterocycles. The summed E-state index contributed by atoms with van der Waals surface area (Å²) in [5, 5.41) is 0. The summed E-state index contributed by atoms with van der Waals surface area (Å²) in [5.74, 6) is 0.0890. The van der Waals surface area contributed by atoms with Crippen LogP contribution in [0.5, 0.6) is 5.75 Å². The van der Waals surface area contributed by atoms with Crippen LogP contribution in [0.15, 0.2) is 24.3 Å². The van der Waals surface area contributed by atoms with E-state index < -0.39 is 12.1 Å². The van der Waals surface area contributed by atoms with Crippen LogP contribution in [0.1, 0.15) is 24.2 Å². The topological polar surface area (TPSA) is 52.6 Å². The van der Waals surface area contributed by atoms with Gasteiger partial charge in [0.2, 0.25) is 0 Å². The van der Waals surface area contributed by atoms with Crippen LogP contribution < -0.4 is 4.74 Å². The van der Waals surface area contributed by atoms with Crippen molar-refractivity contribution in [3.63, 3.8) is 0 Å². The molecule has 0 spiro atoms. The molecule has 1 rings (SSSR count). The van der Waals surface area contributed by atoms with E-state index in [0.717, 1.165) is 0 Å². The second-order valence-corrected chi connectivity index (χ2v) is 3.36. The predicted octanol–water partition coefficient (Wildman–Crippen LogP) is 1.83. The van der Waals surface area contributed by atoms with E-state index in [-0.39, 0.29) is 5.78 Å². The first-order valence-electron chi connectivity index (χ1n) is 4.90. The third-order valence-electron chi connectivity index (χ3n) is 2.11. The molecule has 4 nitrogen and oxygen atoms in total. The fraction of sp³-hybridized carbons (Fsp3) is 0.333. The fourth-order valence-electron chi connectivity index (χ4n) is 1.19. The monoisotopic (exact) mass is 222 g/mol. The third-order valence-corrected chi connectivity index (χ3v) is 2.11. The molecule has 1 aromatic rings. The van der Waals surface area contributed by atoms with Crippen molar-refractivity contribution < 1.29 is 19.1 Å². The first kappa shape index (κ1) is 12.2. The quantitative estimate of drug-likeness (QED) is 0.576. The molecule has 1 aromatic carbocycles. The van der Waals surface area contributed by atoms with Crippen LogP contribution in [0, 0.1) is 0 Å². The summed E-state index contributed by atoms with van der Waals surface area (Å²) in [4.78, 5) is 22.1. The minimum Gasteiger partial charge on any atom is -0.479 e. The molecular weight excluding hydrogens is 208 g/mol. The third kappa shape index (κ3) is 3.08. The van der Waals surface area contributed by atoms with Crippen molar-refractivity contribution in [3.8, 4) is 5.75 Å². The number of carbonyl (C=O) groups excluding carboxylic acids is 2. The summed E-state index contributed by atoms with van der Waals surface area (Å²) in [6.45, 7) is 3.09. The normalized spacial score (nSPS) is 11.7. The van der Waals surface area contributed by atoms with Gasteiger partial charge >= 0.3 is 5.97 Å². The van der Waals surface area contributed by atoms with Gasteiger partial charge in [0.05, 0.1) is 7.11 Å². The highest BCUT2D eigenvalue weighted by Crippen LogP contribution is 2.14. The van der Waals surface area contributed by atoms with Gasteiger partial charge in [0, 0.05) is 5.56 Å². The number of Topliss-reactive ketones (excluding diaryl/α,β-unsaturated/α-hetero) is 1. The molecule has 1 atom stereocenters. The Morgan fingerprint density at radius 2 is 1.75 bits per heavy atom. The summed E-state index contributed by atoms with van der Waals surface area (Å²) in [6.07, 6.45) is -0.659. The highest BCUT2D eigenvalue weighted by Gasteiger charge is 2.14. The molecule has 4 heteroatoms. The molecule has 0 fully saturated rings. The first-order chi connectivity index (χ1) is 7.54. The Morgan fingerprint density at radius 1 is 1.19 bits per heavy atom. The van der Waals surface area contributed by atoms with Gasteiger partial charge in [-0.05, 0) is 38.1 Å². The van der Waals surface area contributed by atoms with Crippen molar-refractivity contribution >= 4 is 11.8 Å². The molecule has 0 aliphatic carbocycles. The minimum absolute atomic E-state index is 0.00688. The van der Waals surface area contributed by atoms with Crippen LogP contribution >= 0.6 is 0 Å². The summed E-state index contributed by atoms with van der Waals surface area (Å²) >= 11 is 0. The highest BCUT2D eigenvalue weighted by molar-refractivity contribution is 5.94. The zero-order valence-electron chi connectivity index (χ0n) is 9.52. The van der Waals surface area contributed by atoms with E-state index in [1.165, 1.54) is 14.0 Å². The lowest BCUT2D eigenvalue weighted by Crippen LogP contribution is -2.24. The predicted molar refractivity (Wildman–Crippen MR) is 58.6 cm³/mol. The van der Waals surface area contributed by atoms with Gasteiger partial charge in [-0.2, -0.15) is 0 Å². The Labute approximate surface area is 94.2 Å². The minimum atomic E-state index is -0.659. The van der Waals surface area contributed by atoms with E-state index in [2.05, 4.69) is 4.74 Å². The Balaban J connectivity index is 2.68. The van der Waals surface area contributed by atoms with Gasteiger partial charge in [-0.15, -0.1) is 0 Å². The molecular formula is C12H14O4. The molecule has 0 bridgehead atoms. The van der Waals surface area contributed by atoms with Crippen molar-refractivity contribution in [1.82, 2.24) is 0 Å². The molecule has 0 N–H and O–H groups in total. The van der Waals surface area contributed by atoms with Crippen LogP contribution in [0.25, 0.3) is 0 Å². The van der Waals surface area contributed by atoms with Crippen molar-refractivity contribution in [2.24, 2.45) is 0 Å². The van der Waals surface area contributed by atoms with Crippen molar-refractivity contribution in [2.45, 2.75) is 20.0 Å². The number of methoxy groups -OCH3 is 1. The molecule has 0 amide bonds. The number of esters is 1. The average molecular weight is 222 g/mol. The van der Waals surface area contributed by atoms with Gasteiger partial charge < -0.3 is 9.47 Å². The molecule has 0 radical (unpaired) electrons. The first-order valence-corrected chi connectivity index (χ1v) is 4.90. The molecule has 0 heterocycles. The van der Waals surface area contributed by atoms with Crippen molar-refractivity contribution in [2.75, 3.05) is 7.11 Å². The van der Waals surface area contributed by atoms with Crippen LogP contribution in [0.3, 0.4) is 0 Å². The van der Waals surface area contributed by atoms with Crippen molar-refractivity contribution in [3.05, 3.63) is 29.8 Å². The second-order valence-electron chi connectivity index (χ2n) is 3.36. The molecule has 0 aliphatic heterocycles. The fourth-order valence-corrected chi connectivity index (χ4v) is 1.19. The number of hydrogen-bond donors (Lipinski definition) is 0. The van der Waals surface area contributed by atoms with Gasteiger partial charge in [0.1, 0.15) is 5.75 Å². The van der Waals surface area contributed by atoms with Crippen molar-refractivity contribution in [1.29, 1.82) is 0 Å². The van der Waals surface area contributed by atoms with Gasteiger partial charge in [-0.3, -0.25) is 4.79 Å². The molecule has 0 saturated carbocycles. The van der Waals surface area contributed by atoms with E-state index in [1.807, 2.05) is 0 Å². The maximum absolute atomic E-state index is 11.1. The number of hydrogen-bond acceptors (Lipinski definition) is 4. The summed E-state index contributed by atoms with van der Waals surface area (Å²) in [6, 6.07) is 6.61. The number of rotatable bonds is 4. The Kier molecular flexibility index (Phi) is 4.05. The Morgan fingerprint density at radius 3 is 2.19 bits per heavy atom. The number of carbonyl (C=O) groups is 2. The molecule has 1 unspecified atom stereocenters. The summed E-state index contributed by atoms with van der Waals surface area (Å²) in [7, 11) is 1.31. The van der Waals surface area contributed by atoms with E-state index in [4.69, 9.17) is 4.74 Å². The second kappa shape index (κ2) is 5.30. The lowest BCUT2D eigenvalue weighted by molar-refractivity contribution is -0.147. The molecule has 0 aromatic heterocycles. The maximum atomic E-state index is 11.1. The zero-order chi connectivity index (χ0) is 12.1. The number of benzene rings is 1. The maximum Gasteiger partial charge on any atom is 0.346 e. The van der Waals surface area contributed by atoms with Crippen LogP contribution in [0.4, 0.5) is 0 Å². The Bertz CT molecular complexity index is 381. The molecule has 86 valence electrons. The number of ketones is 1. The van der Waals surface area contributed by atoms with Gasteiger partial charge in [-0.25, -0.2) is 4.79 Å². The van der Waals surface area contributed by atoms with E-state index in [9.17, 15) is 9.59 Å². The lowest BCUT2D eigenvalue weighted by atomic mass is 10.1. The average Bonchev–Trinajstić information content (AvgIpc) is 2.28. The molecule has 16 heavy (non-hydrogen) atoms. The Hall–Kier alpha value is -1.84. The smallest absolute Gasteiger partial charge is 0.346 e. The highest BCUT2D eigenvalue weighted by atomic mass is 16.6. The standard InChI is InChI=1S/C12H14O4/c1-8(13)10-4-6-11(7-5-10)16-9(2)12(14)15-3/h4-7,9H,1-3H3. The molecule has 0 aliphatic rings. The van der Waals surface area contributed by atoms with Crippen LogP contribution in [-0.4, -0.2) is 25.0 Å².